The number of H-pyrrole nitrogens is 2. The quantitative estimate of drug-likeness (QED) is 0.517. The van der Waals surface area contributed by atoms with Gasteiger partial charge in [-0.05, 0) is 24.1 Å². The summed E-state index contributed by atoms with van der Waals surface area (Å²) in [5.41, 5.74) is 3.20. The molecule has 3 aromatic rings. The van der Waals surface area contributed by atoms with Crippen molar-refractivity contribution >= 4 is 29.3 Å². The van der Waals surface area contributed by atoms with Crippen LogP contribution in [0.15, 0.2) is 38.8 Å². The molecule has 0 spiro atoms. The predicted molar refractivity (Wildman–Crippen MR) is 112 cm³/mol. The maximum atomic E-state index is 12.1. The third-order valence-electron chi connectivity index (χ3n) is 3.97. The molecule has 11 nitrogen and oxygen atoms in total. The van der Waals surface area contributed by atoms with Crippen LogP contribution in [0.5, 0.6) is 17.4 Å². The lowest BCUT2D eigenvalue weighted by Crippen LogP contribution is -2.34. The number of carbonyl (C=O) groups excluding carboxylic acids is 1. The van der Waals surface area contributed by atoms with Crippen molar-refractivity contribution in [3.8, 4) is 23.1 Å². The summed E-state index contributed by atoms with van der Waals surface area (Å²) in [4.78, 5) is 51.1. The first kappa shape index (κ1) is 22.1. The number of hydrogen-bond acceptors (Lipinski definition) is 7. The molecule has 0 unspecified atom stereocenters. The van der Waals surface area contributed by atoms with Gasteiger partial charge in [0.25, 0.3) is 5.56 Å². The molecular formula is C18H15Cl2N5O6. The number of hydrogen-bond donors (Lipinski definition) is 3. The maximum absolute atomic E-state index is 12.1. The number of benzene rings is 1. The van der Waals surface area contributed by atoms with Crippen LogP contribution in [-0.2, 0) is 0 Å². The molecule has 0 fully saturated rings. The fraction of sp³-hybridized carbons (Fsp3) is 0.167. The Bertz CT molecular complexity index is 1320. The molecule has 4 N–H and O–H groups in total. The number of nitrogens with zero attached hydrogens (tertiary/aromatic N) is 2. The van der Waals surface area contributed by atoms with Gasteiger partial charge in [0.2, 0.25) is 0 Å². The van der Waals surface area contributed by atoms with E-state index >= 15 is 0 Å². The summed E-state index contributed by atoms with van der Waals surface area (Å²) in [5, 5.41) is 3.65. The number of pyridine rings is 1. The van der Waals surface area contributed by atoms with E-state index in [1.807, 2.05) is 18.8 Å². The van der Waals surface area contributed by atoms with Crippen molar-refractivity contribution < 1.29 is 14.3 Å². The fourth-order valence-corrected chi connectivity index (χ4v) is 3.13. The summed E-state index contributed by atoms with van der Waals surface area (Å²) in [5.74, 6) is -0.444. The number of primary amides is 1. The molecule has 0 radical (unpaired) electrons. The van der Waals surface area contributed by atoms with E-state index in [4.69, 9.17) is 33.7 Å². The van der Waals surface area contributed by atoms with Crippen LogP contribution < -0.4 is 32.0 Å². The van der Waals surface area contributed by atoms with E-state index in [9.17, 15) is 19.2 Å². The summed E-state index contributed by atoms with van der Waals surface area (Å²) < 4.78 is 10.9. The number of nitrogens with two attached hydrogens (primary N) is 1. The second-order valence-electron chi connectivity index (χ2n) is 6.51. The molecule has 3 rings (SSSR count). The Morgan fingerprint density at radius 3 is 2.35 bits per heavy atom. The zero-order chi connectivity index (χ0) is 22.9. The third kappa shape index (κ3) is 4.78. The Morgan fingerprint density at radius 2 is 1.77 bits per heavy atom. The molecule has 31 heavy (non-hydrogen) atoms. The summed E-state index contributed by atoms with van der Waals surface area (Å²) >= 11 is 12.5. The number of carbonyl (C=O) groups is 1. The molecule has 1 aromatic carbocycles. The van der Waals surface area contributed by atoms with Crippen LogP contribution in [0.25, 0.3) is 5.69 Å². The van der Waals surface area contributed by atoms with Gasteiger partial charge in [0, 0.05) is 11.8 Å². The van der Waals surface area contributed by atoms with Gasteiger partial charge in [-0.2, -0.15) is 4.68 Å². The van der Waals surface area contributed by atoms with Crippen LogP contribution in [0.2, 0.25) is 10.0 Å². The molecule has 162 valence electrons. The first-order valence-electron chi connectivity index (χ1n) is 8.67. The van der Waals surface area contributed by atoms with Crippen molar-refractivity contribution in [3.05, 3.63) is 71.2 Å². The van der Waals surface area contributed by atoms with Gasteiger partial charge in [-0.3, -0.25) is 14.6 Å². The van der Waals surface area contributed by atoms with Gasteiger partial charge >= 0.3 is 23.2 Å². The van der Waals surface area contributed by atoms with E-state index in [1.54, 1.807) is 6.07 Å². The lowest BCUT2D eigenvalue weighted by molar-refractivity contribution is 0.207. The number of aromatic nitrogens is 4. The topological polar surface area (TPSA) is 162 Å². The van der Waals surface area contributed by atoms with E-state index in [0.717, 1.165) is 0 Å². The lowest BCUT2D eigenvalue weighted by atomic mass is 10.1. The Balaban J connectivity index is 2.03. The second kappa shape index (κ2) is 8.66. The molecule has 0 atom stereocenters. The standard InChI is InChI=1S/C18H15Cl2N5O6/c1-7(2)10-5-9(6-22-14(10)26)30-13-11(19)3-8(4-12(13)20)25-18(29)23-15(27)16(24-25)31-17(21)28/h3-7H,1-2H3,(H2,21,28)(H,22,26)(H,23,27,29). The van der Waals surface area contributed by atoms with Crippen molar-refractivity contribution in [2.75, 3.05) is 0 Å². The van der Waals surface area contributed by atoms with Crippen molar-refractivity contribution in [2.45, 2.75) is 19.8 Å². The minimum Gasteiger partial charge on any atom is -0.453 e. The summed E-state index contributed by atoms with van der Waals surface area (Å²) in [6, 6.07) is 4.14. The molecule has 0 aliphatic rings. The predicted octanol–water partition coefficient (Wildman–Crippen LogP) is 2.29. The van der Waals surface area contributed by atoms with E-state index < -0.39 is 23.2 Å². The molecule has 1 amide bonds. The Hall–Kier alpha value is -3.57. The number of amides is 1. The minimum absolute atomic E-state index is 0.00272. The number of halogens is 2. The summed E-state index contributed by atoms with van der Waals surface area (Å²) in [6.07, 6.45) is 0.0700. The zero-order valence-corrected chi connectivity index (χ0v) is 17.6. The van der Waals surface area contributed by atoms with E-state index in [2.05, 4.69) is 14.8 Å². The van der Waals surface area contributed by atoms with Gasteiger partial charge in [-0.1, -0.05) is 37.0 Å². The zero-order valence-electron chi connectivity index (χ0n) is 16.1. The summed E-state index contributed by atoms with van der Waals surface area (Å²) in [6.45, 7) is 3.71. The number of nitrogens with one attached hydrogen (secondary N) is 2. The minimum atomic E-state index is -1.29. The first-order valence-corrected chi connectivity index (χ1v) is 9.43. The largest absolute Gasteiger partial charge is 0.453 e. The van der Waals surface area contributed by atoms with Crippen LogP contribution in [0, 0.1) is 0 Å². The van der Waals surface area contributed by atoms with E-state index in [-0.39, 0.29) is 38.7 Å². The van der Waals surface area contributed by atoms with Gasteiger partial charge < -0.3 is 20.2 Å². The van der Waals surface area contributed by atoms with Crippen LogP contribution in [0.1, 0.15) is 25.3 Å². The molecule has 0 bridgehead atoms. The van der Waals surface area contributed by atoms with Gasteiger partial charge in [0.15, 0.2) is 5.75 Å². The highest BCUT2D eigenvalue weighted by Crippen LogP contribution is 2.38. The Labute approximate surface area is 183 Å². The fourth-order valence-electron chi connectivity index (χ4n) is 2.57. The number of rotatable bonds is 5. The molecule has 0 saturated carbocycles. The molecular weight excluding hydrogens is 453 g/mol. The first-order chi connectivity index (χ1) is 14.6. The smallest absolute Gasteiger partial charge is 0.411 e. The van der Waals surface area contributed by atoms with Crippen molar-refractivity contribution in [1.82, 2.24) is 19.7 Å². The molecule has 0 saturated heterocycles. The van der Waals surface area contributed by atoms with Gasteiger partial charge in [0.05, 0.1) is 15.7 Å². The van der Waals surface area contributed by atoms with Crippen LogP contribution >= 0.6 is 23.2 Å². The Morgan fingerprint density at radius 1 is 1.13 bits per heavy atom. The van der Waals surface area contributed by atoms with Crippen LogP contribution in [0.3, 0.4) is 0 Å². The normalized spacial score (nSPS) is 10.9. The highest BCUT2D eigenvalue weighted by Gasteiger charge is 2.17. The number of ether oxygens (including phenoxy) is 2. The number of aromatic amines is 2. The molecule has 2 heterocycles. The van der Waals surface area contributed by atoms with Gasteiger partial charge in [0.1, 0.15) is 5.75 Å². The SMILES string of the molecule is CC(C)c1cc(Oc2c(Cl)cc(-n3nc(OC(N)=O)c(=O)[nH]c3=O)cc2Cl)c[nH]c1=O. The highest BCUT2D eigenvalue weighted by atomic mass is 35.5. The molecule has 0 aliphatic carbocycles. The monoisotopic (exact) mass is 467 g/mol. The van der Waals surface area contributed by atoms with Gasteiger partial charge in [-0.25, -0.2) is 9.59 Å². The molecule has 13 heteroatoms. The van der Waals surface area contributed by atoms with Crippen molar-refractivity contribution in [3.63, 3.8) is 0 Å². The summed E-state index contributed by atoms with van der Waals surface area (Å²) in [7, 11) is 0. The van der Waals surface area contributed by atoms with Crippen LogP contribution in [0.4, 0.5) is 4.79 Å². The molecule has 2 aromatic heterocycles. The Kier molecular flexibility index (Phi) is 6.18. The average Bonchev–Trinajstić information content (AvgIpc) is 2.67. The highest BCUT2D eigenvalue weighted by molar-refractivity contribution is 6.37. The molecule has 0 aliphatic heterocycles. The van der Waals surface area contributed by atoms with Crippen molar-refractivity contribution in [2.24, 2.45) is 5.73 Å². The third-order valence-corrected chi connectivity index (χ3v) is 4.53. The lowest BCUT2D eigenvalue weighted by Gasteiger charge is -2.13. The maximum Gasteiger partial charge on any atom is 0.411 e. The second-order valence-corrected chi connectivity index (χ2v) is 7.33. The van der Waals surface area contributed by atoms with E-state index in [1.165, 1.54) is 18.3 Å². The van der Waals surface area contributed by atoms with Gasteiger partial charge in [-0.15, -0.1) is 5.10 Å². The van der Waals surface area contributed by atoms with E-state index in [0.29, 0.717) is 10.2 Å². The van der Waals surface area contributed by atoms with Crippen molar-refractivity contribution in [1.29, 1.82) is 0 Å². The average molecular weight is 468 g/mol. The van der Waals surface area contributed by atoms with Crippen LogP contribution in [-0.4, -0.2) is 25.8 Å².